The van der Waals surface area contributed by atoms with Crippen LogP contribution in [0.25, 0.3) is 5.76 Å². The normalized spacial score (nSPS) is 16.0. The van der Waals surface area contributed by atoms with Crippen LogP contribution in [0.1, 0.15) is 29.7 Å². The molecule has 2 heterocycles. The average molecular weight is 655 g/mol. The molecule has 1 aromatic heterocycles. The first-order valence-corrected chi connectivity index (χ1v) is 15.6. The van der Waals surface area contributed by atoms with Crippen LogP contribution in [0.15, 0.2) is 89.3 Å². The van der Waals surface area contributed by atoms with E-state index < -0.39 is 17.7 Å². The Labute approximate surface area is 266 Å². The highest BCUT2D eigenvalue weighted by Gasteiger charge is 2.48. The molecule has 3 aromatic carbocycles. The average Bonchev–Trinajstić information content (AvgIpc) is 3.58. The van der Waals surface area contributed by atoms with Gasteiger partial charge < -0.3 is 14.6 Å². The van der Waals surface area contributed by atoms with Gasteiger partial charge in [0.05, 0.1) is 18.2 Å². The summed E-state index contributed by atoms with van der Waals surface area (Å²) in [5.41, 5.74) is 1.70. The smallest absolute Gasteiger partial charge is 0.301 e. The van der Waals surface area contributed by atoms with Gasteiger partial charge in [-0.2, -0.15) is 0 Å². The van der Waals surface area contributed by atoms with Crippen LogP contribution in [-0.4, -0.2) is 40.2 Å². The molecule has 1 aliphatic rings. The van der Waals surface area contributed by atoms with E-state index in [1.165, 1.54) is 16.7 Å². The molecule has 1 saturated heterocycles. The van der Waals surface area contributed by atoms with Crippen molar-refractivity contribution in [1.29, 1.82) is 0 Å². The summed E-state index contributed by atoms with van der Waals surface area (Å²) in [4.78, 5) is 28.4. The van der Waals surface area contributed by atoms with Crippen molar-refractivity contribution in [2.24, 2.45) is 0 Å². The minimum atomic E-state index is -1.01. The summed E-state index contributed by atoms with van der Waals surface area (Å²) in [6.45, 7) is 6.14. The minimum Gasteiger partial charge on any atom is -0.507 e. The Morgan fingerprint density at radius 3 is 2.58 bits per heavy atom. The van der Waals surface area contributed by atoms with Gasteiger partial charge in [-0.3, -0.25) is 14.5 Å². The lowest BCUT2D eigenvalue weighted by Gasteiger charge is -2.23. The first-order chi connectivity index (χ1) is 20.8. The Morgan fingerprint density at radius 2 is 1.86 bits per heavy atom. The molecular formula is C31H25Cl2N3O5S2. The molecule has 43 heavy (non-hydrogen) atoms. The largest absolute Gasteiger partial charge is 0.507 e. The Kier molecular flexibility index (Phi) is 9.72. The monoisotopic (exact) mass is 653 g/mol. The number of anilines is 1. The second-order valence-electron chi connectivity index (χ2n) is 9.15. The topological polar surface area (TPSA) is 102 Å². The number of thioether (sulfide) groups is 1. The third-order valence-corrected chi connectivity index (χ3v) is 9.09. The summed E-state index contributed by atoms with van der Waals surface area (Å²) in [7, 11) is 0. The van der Waals surface area contributed by atoms with Crippen molar-refractivity contribution < 1.29 is 24.2 Å². The molecule has 1 aliphatic heterocycles. The molecule has 0 spiro atoms. The highest BCUT2D eigenvalue weighted by Crippen LogP contribution is 2.45. The lowest BCUT2D eigenvalue weighted by molar-refractivity contribution is -0.132. The zero-order valence-electron chi connectivity index (χ0n) is 22.8. The number of carbonyl (C=O) groups is 2. The molecule has 0 bridgehead atoms. The number of benzene rings is 3. The van der Waals surface area contributed by atoms with Crippen LogP contribution in [0.5, 0.6) is 11.5 Å². The summed E-state index contributed by atoms with van der Waals surface area (Å²) in [6.07, 6.45) is 1.62. The summed E-state index contributed by atoms with van der Waals surface area (Å²) in [5.74, 6) is -0.589. The van der Waals surface area contributed by atoms with E-state index in [0.29, 0.717) is 49.4 Å². The van der Waals surface area contributed by atoms with Crippen molar-refractivity contribution in [1.82, 2.24) is 10.2 Å². The Hall–Kier alpha value is -3.83. The van der Waals surface area contributed by atoms with Crippen molar-refractivity contribution in [3.05, 3.63) is 112 Å². The van der Waals surface area contributed by atoms with Crippen molar-refractivity contribution in [2.45, 2.75) is 23.1 Å². The highest BCUT2D eigenvalue weighted by molar-refractivity contribution is 8.00. The van der Waals surface area contributed by atoms with Crippen LogP contribution in [0.4, 0.5) is 5.13 Å². The fourth-order valence-electron chi connectivity index (χ4n) is 4.46. The SMILES string of the molecule is C=CCOc1ccc(C2/C(=C(\O)c3ccccc3)C(=O)C(=O)N2c2nnc(SCc3ccc(Cl)cc3Cl)s2)cc1OCC. The lowest BCUT2D eigenvalue weighted by Crippen LogP contribution is -2.29. The number of ketones is 1. The zero-order valence-corrected chi connectivity index (χ0v) is 26.0. The Morgan fingerprint density at radius 1 is 1.07 bits per heavy atom. The number of nitrogens with zero attached hydrogens (tertiary/aromatic N) is 3. The van der Waals surface area contributed by atoms with Crippen LogP contribution in [-0.2, 0) is 15.3 Å². The maximum atomic E-state index is 13.6. The maximum Gasteiger partial charge on any atom is 0.301 e. The van der Waals surface area contributed by atoms with Crippen LogP contribution in [0.3, 0.4) is 0 Å². The number of rotatable bonds is 11. The molecule has 1 N–H and O–H groups in total. The first-order valence-electron chi connectivity index (χ1n) is 13.1. The van der Waals surface area contributed by atoms with Gasteiger partial charge >= 0.3 is 5.91 Å². The number of carbonyl (C=O) groups excluding carboxylic acids is 2. The second-order valence-corrected chi connectivity index (χ2v) is 12.2. The van der Waals surface area contributed by atoms with Gasteiger partial charge in [-0.05, 0) is 42.3 Å². The van der Waals surface area contributed by atoms with Crippen molar-refractivity contribution in [2.75, 3.05) is 18.1 Å². The molecule has 0 radical (unpaired) electrons. The molecule has 5 rings (SSSR count). The number of aromatic nitrogens is 2. The zero-order chi connectivity index (χ0) is 30.5. The van der Waals surface area contributed by atoms with Crippen molar-refractivity contribution in [3.8, 4) is 11.5 Å². The quantitative estimate of drug-likeness (QED) is 0.0438. The predicted molar refractivity (Wildman–Crippen MR) is 170 cm³/mol. The van der Waals surface area contributed by atoms with Gasteiger partial charge in [-0.15, -0.1) is 10.2 Å². The maximum absolute atomic E-state index is 13.6. The van der Waals surface area contributed by atoms with Gasteiger partial charge in [0.25, 0.3) is 5.78 Å². The number of amides is 1. The molecule has 1 unspecified atom stereocenters. The lowest BCUT2D eigenvalue weighted by atomic mass is 9.95. The van der Waals surface area contributed by atoms with Gasteiger partial charge in [0.15, 0.2) is 15.8 Å². The summed E-state index contributed by atoms with van der Waals surface area (Å²) >= 11 is 14.9. The first kappa shape index (κ1) is 30.6. The fraction of sp³-hybridized carbons (Fsp3) is 0.161. The number of aliphatic hydroxyl groups is 1. The number of hydrogen-bond donors (Lipinski definition) is 1. The molecule has 0 saturated carbocycles. The van der Waals surface area contributed by atoms with E-state index in [-0.39, 0.29) is 23.1 Å². The van der Waals surface area contributed by atoms with Crippen molar-refractivity contribution in [3.63, 3.8) is 0 Å². The standard InChI is InChI=1S/C31H25Cl2N3O5S2/c1-3-14-41-23-13-11-19(15-24(23)40-4-2)26-25(27(37)18-8-6-5-7-9-18)28(38)29(39)36(26)30-34-35-31(43-30)42-17-20-10-12-21(32)16-22(20)33/h3,5-13,15-16,26,37H,1,4,14,17H2,2H3/b27-25+. The van der Waals surface area contributed by atoms with Crippen LogP contribution < -0.4 is 14.4 Å². The Bertz CT molecular complexity index is 1710. The van der Waals surface area contributed by atoms with Gasteiger partial charge in [-0.25, -0.2) is 0 Å². The van der Waals surface area contributed by atoms with E-state index in [1.54, 1.807) is 66.7 Å². The van der Waals surface area contributed by atoms with Crippen LogP contribution in [0, 0.1) is 0 Å². The molecule has 12 heteroatoms. The number of ether oxygens (including phenoxy) is 2. The number of aliphatic hydroxyl groups excluding tert-OH is 1. The van der Waals surface area contributed by atoms with E-state index in [4.69, 9.17) is 32.7 Å². The van der Waals surface area contributed by atoms with Crippen LogP contribution in [0.2, 0.25) is 10.0 Å². The van der Waals surface area contributed by atoms with E-state index in [2.05, 4.69) is 16.8 Å². The second kappa shape index (κ2) is 13.6. The van der Waals surface area contributed by atoms with E-state index >= 15 is 0 Å². The van der Waals surface area contributed by atoms with Gasteiger partial charge in [0.1, 0.15) is 12.4 Å². The van der Waals surface area contributed by atoms with E-state index in [9.17, 15) is 14.7 Å². The molecule has 1 fully saturated rings. The third kappa shape index (κ3) is 6.57. The summed E-state index contributed by atoms with van der Waals surface area (Å²) < 4.78 is 12.1. The number of halogens is 2. The van der Waals surface area contributed by atoms with Gasteiger partial charge in [0, 0.05) is 21.4 Å². The fourth-order valence-corrected chi connectivity index (χ4v) is 6.89. The number of Topliss-reactive ketones (excluding diaryl/α,β-unsaturated/α-hetero) is 1. The molecule has 1 atom stereocenters. The van der Waals surface area contributed by atoms with E-state index in [1.807, 2.05) is 13.0 Å². The summed E-state index contributed by atoms with van der Waals surface area (Å²) in [5, 5.41) is 21.2. The molecule has 1 amide bonds. The van der Waals surface area contributed by atoms with Gasteiger partial charge in [-0.1, -0.05) is 101 Å². The predicted octanol–water partition coefficient (Wildman–Crippen LogP) is 7.73. The van der Waals surface area contributed by atoms with Crippen LogP contribution >= 0.6 is 46.3 Å². The molecular weight excluding hydrogens is 629 g/mol. The number of hydrogen-bond acceptors (Lipinski definition) is 9. The highest BCUT2D eigenvalue weighted by atomic mass is 35.5. The van der Waals surface area contributed by atoms with Gasteiger partial charge in [0.2, 0.25) is 5.13 Å². The molecule has 0 aliphatic carbocycles. The third-order valence-electron chi connectivity index (χ3n) is 6.40. The molecule has 4 aromatic rings. The Balaban J connectivity index is 1.56. The summed E-state index contributed by atoms with van der Waals surface area (Å²) in [6, 6.07) is 18.0. The van der Waals surface area contributed by atoms with Crippen molar-refractivity contribution >= 4 is 68.9 Å². The molecule has 8 nitrogen and oxygen atoms in total. The minimum absolute atomic E-state index is 0.0734. The van der Waals surface area contributed by atoms with E-state index in [0.717, 1.165) is 16.9 Å². The molecule has 220 valence electrons.